The molecule has 8 heteroatoms. The van der Waals surface area contributed by atoms with Crippen LogP contribution in [-0.2, 0) is 24.8 Å². The third-order valence-corrected chi connectivity index (χ3v) is 5.64. The standard InChI is InChI=1S/C25H27N5O3/c1-16-5-9-19(10-6-16)30-24-23(17(2)28-30)27-21(25(32)29(24)3)13-14-22(31)26-15-18-7-11-20(33-4)12-8-18/h5-12H,13-15H2,1-4H3,(H,26,31). The summed E-state index contributed by atoms with van der Waals surface area (Å²) in [6.07, 6.45) is 0.432. The van der Waals surface area contributed by atoms with Gasteiger partial charge in [-0.15, -0.1) is 0 Å². The van der Waals surface area contributed by atoms with Crippen molar-refractivity contribution >= 4 is 17.1 Å². The lowest BCUT2D eigenvalue weighted by atomic mass is 10.2. The molecule has 2 aromatic carbocycles. The van der Waals surface area contributed by atoms with Gasteiger partial charge in [0.25, 0.3) is 5.56 Å². The molecule has 0 radical (unpaired) electrons. The predicted molar refractivity (Wildman–Crippen MR) is 127 cm³/mol. The zero-order chi connectivity index (χ0) is 23.5. The largest absolute Gasteiger partial charge is 0.497 e. The fourth-order valence-electron chi connectivity index (χ4n) is 3.70. The summed E-state index contributed by atoms with van der Waals surface area (Å²) in [5, 5.41) is 7.50. The topological polar surface area (TPSA) is 91.0 Å². The fourth-order valence-corrected chi connectivity index (χ4v) is 3.70. The number of ether oxygens (including phenoxy) is 1. The van der Waals surface area contributed by atoms with Crippen LogP contribution in [0.2, 0.25) is 0 Å². The Balaban J connectivity index is 1.50. The van der Waals surface area contributed by atoms with Crippen LogP contribution < -0.4 is 15.6 Å². The van der Waals surface area contributed by atoms with Gasteiger partial charge < -0.3 is 10.1 Å². The average molecular weight is 446 g/mol. The molecule has 2 heterocycles. The van der Waals surface area contributed by atoms with Crippen molar-refractivity contribution in [3.63, 3.8) is 0 Å². The number of nitrogens with zero attached hydrogens (tertiary/aromatic N) is 4. The number of nitrogens with one attached hydrogen (secondary N) is 1. The van der Waals surface area contributed by atoms with E-state index in [1.165, 1.54) is 0 Å². The van der Waals surface area contributed by atoms with Gasteiger partial charge in [0.05, 0.1) is 18.5 Å². The van der Waals surface area contributed by atoms with E-state index in [4.69, 9.17) is 4.74 Å². The van der Waals surface area contributed by atoms with E-state index in [2.05, 4.69) is 15.4 Å². The molecule has 0 fully saturated rings. The van der Waals surface area contributed by atoms with Crippen LogP contribution in [0.1, 0.15) is 28.9 Å². The number of fused-ring (bicyclic) bond motifs is 1. The number of aryl methyl sites for hydroxylation is 4. The zero-order valence-electron chi connectivity index (χ0n) is 19.3. The molecular formula is C25H27N5O3. The van der Waals surface area contributed by atoms with Crippen molar-refractivity contribution in [3.05, 3.63) is 81.4 Å². The molecule has 4 aromatic rings. The van der Waals surface area contributed by atoms with E-state index < -0.39 is 0 Å². The molecule has 0 saturated heterocycles. The Hall–Kier alpha value is -3.94. The molecule has 0 saturated carbocycles. The maximum absolute atomic E-state index is 13.0. The molecule has 0 aliphatic heterocycles. The Morgan fingerprint density at radius 3 is 2.42 bits per heavy atom. The minimum absolute atomic E-state index is 0.137. The van der Waals surface area contributed by atoms with Crippen molar-refractivity contribution in [1.29, 1.82) is 0 Å². The third-order valence-electron chi connectivity index (χ3n) is 5.64. The van der Waals surface area contributed by atoms with Gasteiger partial charge in [-0.3, -0.25) is 14.2 Å². The van der Waals surface area contributed by atoms with Crippen molar-refractivity contribution < 1.29 is 9.53 Å². The summed E-state index contributed by atoms with van der Waals surface area (Å²) in [6, 6.07) is 15.4. The highest BCUT2D eigenvalue weighted by atomic mass is 16.5. The molecule has 2 aromatic heterocycles. The van der Waals surface area contributed by atoms with Crippen LogP contribution in [0.3, 0.4) is 0 Å². The summed E-state index contributed by atoms with van der Waals surface area (Å²) in [4.78, 5) is 30.0. The van der Waals surface area contributed by atoms with Crippen LogP contribution in [0, 0.1) is 13.8 Å². The highest BCUT2D eigenvalue weighted by molar-refractivity contribution is 5.77. The van der Waals surface area contributed by atoms with E-state index in [9.17, 15) is 9.59 Å². The van der Waals surface area contributed by atoms with Gasteiger partial charge in [0.15, 0.2) is 5.65 Å². The number of amides is 1. The van der Waals surface area contributed by atoms with Gasteiger partial charge in [-0.25, -0.2) is 9.67 Å². The van der Waals surface area contributed by atoms with E-state index in [0.717, 1.165) is 28.3 Å². The molecular weight excluding hydrogens is 418 g/mol. The molecule has 4 rings (SSSR count). The number of carbonyl (C=O) groups excluding carboxylic acids is 1. The van der Waals surface area contributed by atoms with Gasteiger partial charge in [0.1, 0.15) is 17.0 Å². The van der Waals surface area contributed by atoms with Crippen LogP contribution in [0.15, 0.2) is 53.3 Å². The van der Waals surface area contributed by atoms with E-state index in [0.29, 0.717) is 23.4 Å². The maximum atomic E-state index is 13.0. The third kappa shape index (κ3) is 4.64. The molecule has 0 aliphatic rings. The van der Waals surface area contributed by atoms with Crippen LogP contribution in [0.5, 0.6) is 5.75 Å². The Bertz CT molecular complexity index is 1350. The normalized spacial score (nSPS) is 11.0. The smallest absolute Gasteiger partial charge is 0.273 e. The number of benzene rings is 2. The minimum Gasteiger partial charge on any atom is -0.497 e. The van der Waals surface area contributed by atoms with Gasteiger partial charge in [-0.1, -0.05) is 29.8 Å². The molecule has 0 atom stereocenters. The summed E-state index contributed by atoms with van der Waals surface area (Å²) < 4.78 is 8.44. The molecule has 0 aliphatic carbocycles. The number of methoxy groups -OCH3 is 1. The van der Waals surface area contributed by atoms with Gasteiger partial charge >= 0.3 is 0 Å². The first-order valence-electron chi connectivity index (χ1n) is 10.8. The molecule has 0 unspecified atom stereocenters. The lowest BCUT2D eigenvalue weighted by Crippen LogP contribution is -2.27. The van der Waals surface area contributed by atoms with Crippen LogP contribution in [0.25, 0.3) is 16.9 Å². The summed E-state index contributed by atoms with van der Waals surface area (Å²) in [6.45, 7) is 4.30. The second-order valence-corrected chi connectivity index (χ2v) is 8.05. The highest BCUT2D eigenvalue weighted by Crippen LogP contribution is 2.20. The van der Waals surface area contributed by atoms with Crippen molar-refractivity contribution in [3.8, 4) is 11.4 Å². The number of hydrogen-bond acceptors (Lipinski definition) is 5. The van der Waals surface area contributed by atoms with Crippen molar-refractivity contribution in [2.45, 2.75) is 33.2 Å². The first-order valence-corrected chi connectivity index (χ1v) is 10.8. The van der Waals surface area contributed by atoms with Gasteiger partial charge in [-0.05, 0) is 43.7 Å². The molecule has 1 N–H and O–H groups in total. The zero-order valence-corrected chi connectivity index (χ0v) is 19.3. The second kappa shape index (κ2) is 9.28. The van der Waals surface area contributed by atoms with Gasteiger partial charge in [0, 0.05) is 26.4 Å². The van der Waals surface area contributed by atoms with E-state index in [1.54, 1.807) is 23.4 Å². The number of aromatic nitrogens is 4. The van der Waals surface area contributed by atoms with Crippen LogP contribution in [0.4, 0.5) is 0 Å². The summed E-state index contributed by atoms with van der Waals surface area (Å²) in [7, 11) is 3.33. The van der Waals surface area contributed by atoms with Crippen LogP contribution >= 0.6 is 0 Å². The number of rotatable bonds is 7. The SMILES string of the molecule is COc1ccc(CNC(=O)CCc2nc3c(C)nn(-c4ccc(C)cc4)c3n(C)c2=O)cc1. The summed E-state index contributed by atoms with van der Waals surface area (Å²) >= 11 is 0. The van der Waals surface area contributed by atoms with E-state index >= 15 is 0 Å². The van der Waals surface area contributed by atoms with Crippen molar-refractivity contribution in [2.75, 3.05) is 7.11 Å². The summed E-state index contributed by atoms with van der Waals surface area (Å²) in [5.41, 5.74) is 5.13. The molecule has 33 heavy (non-hydrogen) atoms. The minimum atomic E-state index is -0.223. The van der Waals surface area contributed by atoms with Crippen molar-refractivity contribution in [1.82, 2.24) is 24.6 Å². The van der Waals surface area contributed by atoms with Crippen molar-refractivity contribution in [2.24, 2.45) is 7.05 Å². The fraction of sp³-hybridized carbons (Fsp3) is 0.280. The average Bonchev–Trinajstić information content (AvgIpc) is 3.16. The highest BCUT2D eigenvalue weighted by Gasteiger charge is 2.18. The quantitative estimate of drug-likeness (QED) is 0.472. The molecule has 8 nitrogen and oxygen atoms in total. The predicted octanol–water partition coefficient (Wildman–Crippen LogP) is 2.99. The number of carbonyl (C=O) groups is 1. The Kier molecular flexibility index (Phi) is 6.26. The monoisotopic (exact) mass is 445 g/mol. The van der Waals surface area contributed by atoms with Gasteiger partial charge in [0.2, 0.25) is 5.91 Å². The Labute approximate surface area is 191 Å². The molecule has 170 valence electrons. The Morgan fingerprint density at radius 2 is 1.76 bits per heavy atom. The van der Waals surface area contributed by atoms with E-state index in [1.807, 2.05) is 62.4 Å². The number of hydrogen-bond donors (Lipinski definition) is 1. The lowest BCUT2D eigenvalue weighted by Gasteiger charge is -2.09. The maximum Gasteiger partial charge on any atom is 0.273 e. The first-order chi connectivity index (χ1) is 15.9. The van der Waals surface area contributed by atoms with Crippen LogP contribution in [-0.4, -0.2) is 32.3 Å². The first kappa shape index (κ1) is 22.3. The summed E-state index contributed by atoms with van der Waals surface area (Å²) in [5.74, 6) is 0.630. The van der Waals surface area contributed by atoms with E-state index in [-0.39, 0.29) is 24.3 Å². The molecule has 0 bridgehead atoms. The lowest BCUT2D eigenvalue weighted by molar-refractivity contribution is -0.121. The Morgan fingerprint density at radius 1 is 1.06 bits per heavy atom. The molecule has 0 spiro atoms. The van der Waals surface area contributed by atoms with Gasteiger partial charge in [-0.2, -0.15) is 5.10 Å². The molecule has 1 amide bonds. The second-order valence-electron chi connectivity index (χ2n) is 8.05.